The van der Waals surface area contributed by atoms with Gasteiger partial charge in [-0.25, -0.2) is 9.97 Å². The van der Waals surface area contributed by atoms with E-state index in [9.17, 15) is 4.79 Å². The normalized spacial score (nSPS) is 16.5. The van der Waals surface area contributed by atoms with Gasteiger partial charge in [-0.05, 0) is 38.7 Å². The van der Waals surface area contributed by atoms with E-state index in [-0.39, 0.29) is 17.9 Å². The summed E-state index contributed by atoms with van der Waals surface area (Å²) in [6.45, 7) is 7.78. The summed E-state index contributed by atoms with van der Waals surface area (Å²) >= 11 is 0. The Labute approximate surface area is 120 Å². The number of piperidine rings is 1. The molecule has 1 aliphatic heterocycles. The number of hydrogen-bond donors (Lipinski definition) is 1. The molecule has 0 unspecified atom stereocenters. The summed E-state index contributed by atoms with van der Waals surface area (Å²) < 4.78 is 0. The average molecular weight is 276 g/mol. The first-order valence-electron chi connectivity index (χ1n) is 7.46. The van der Waals surface area contributed by atoms with Crippen molar-refractivity contribution >= 4 is 11.9 Å². The van der Waals surface area contributed by atoms with E-state index in [1.165, 1.54) is 0 Å². The van der Waals surface area contributed by atoms with Gasteiger partial charge in [0, 0.05) is 37.4 Å². The first kappa shape index (κ1) is 14.8. The van der Waals surface area contributed by atoms with E-state index >= 15 is 0 Å². The number of nitrogens with zero attached hydrogens (tertiary/aromatic N) is 3. The third kappa shape index (κ3) is 3.68. The zero-order chi connectivity index (χ0) is 14.5. The van der Waals surface area contributed by atoms with Crippen LogP contribution in [0, 0.1) is 5.92 Å². The largest absolute Gasteiger partial charge is 0.354 e. The molecular weight excluding hydrogens is 252 g/mol. The van der Waals surface area contributed by atoms with E-state index in [2.05, 4.69) is 27.1 Å². The minimum Gasteiger partial charge on any atom is -0.354 e. The molecule has 1 amide bonds. The highest BCUT2D eigenvalue weighted by atomic mass is 16.1. The molecule has 1 N–H and O–H groups in total. The lowest BCUT2D eigenvalue weighted by atomic mass is 9.96. The Morgan fingerprint density at radius 1 is 1.35 bits per heavy atom. The van der Waals surface area contributed by atoms with Crippen LogP contribution in [0.1, 0.15) is 39.2 Å². The lowest BCUT2D eigenvalue weighted by molar-refractivity contribution is -0.126. The van der Waals surface area contributed by atoms with Crippen molar-refractivity contribution in [1.82, 2.24) is 15.3 Å². The van der Waals surface area contributed by atoms with Crippen LogP contribution in [0.3, 0.4) is 0 Å². The number of hydrogen-bond acceptors (Lipinski definition) is 4. The number of carbonyl (C=O) groups is 1. The lowest BCUT2D eigenvalue weighted by Crippen LogP contribution is -2.42. The fourth-order valence-electron chi connectivity index (χ4n) is 2.44. The van der Waals surface area contributed by atoms with Crippen LogP contribution in [0.4, 0.5) is 5.95 Å². The maximum absolute atomic E-state index is 12.0. The van der Waals surface area contributed by atoms with Crippen LogP contribution in [-0.4, -0.2) is 35.0 Å². The van der Waals surface area contributed by atoms with E-state index < -0.39 is 0 Å². The molecule has 5 nitrogen and oxygen atoms in total. The maximum atomic E-state index is 12.0. The van der Waals surface area contributed by atoms with Crippen molar-refractivity contribution in [2.75, 3.05) is 18.0 Å². The molecule has 1 fully saturated rings. The minimum atomic E-state index is 0.128. The van der Waals surface area contributed by atoms with Crippen LogP contribution in [0.25, 0.3) is 0 Å². The summed E-state index contributed by atoms with van der Waals surface area (Å²) in [4.78, 5) is 23.0. The number of nitrogens with one attached hydrogen (secondary N) is 1. The third-order valence-electron chi connectivity index (χ3n) is 3.68. The highest BCUT2D eigenvalue weighted by Gasteiger charge is 2.26. The van der Waals surface area contributed by atoms with Gasteiger partial charge in [-0.3, -0.25) is 4.79 Å². The predicted octanol–water partition coefficient (Wildman–Crippen LogP) is 1.78. The molecule has 110 valence electrons. The van der Waals surface area contributed by atoms with Gasteiger partial charge in [-0.15, -0.1) is 0 Å². The van der Waals surface area contributed by atoms with Gasteiger partial charge in [-0.1, -0.05) is 6.92 Å². The molecule has 0 saturated carbocycles. The Balaban J connectivity index is 1.88. The number of aromatic nitrogens is 2. The van der Waals surface area contributed by atoms with Crippen molar-refractivity contribution in [3.8, 4) is 0 Å². The minimum absolute atomic E-state index is 0.128. The summed E-state index contributed by atoms with van der Waals surface area (Å²) in [5, 5.41) is 2.99. The molecule has 20 heavy (non-hydrogen) atoms. The summed E-state index contributed by atoms with van der Waals surface area (Å²) in [7, 11) is 0. The van der Waals surface area contributed by atoms with Gasteiger partial charge >= 0.3 is 0 Å². The van der Waals surface area contributed by atoms with Crippen molar-refractivity contribution in [3.63, 3.8) is 0 Å². The van der Waals surface area contributed by atoms with Crippen molar-refractivity contribution in [1.29, 1.82) is 0 Å². The molecule has 1 aliphatic rings. The van der Waals surface area contributed by atoms with Gasteiger partial charge in [0.2, 0.25) is 11.9 Å². The quantitative estimate of drug-likeness (QED) is 0.910. The number of rotatable bonds is 4. The third-order valence-corrected chi connectivity index (χ3v) is 3.68. The smallest absolute Gasteiger partial charge is 0.225 e. The molecule has 5 heteroatoms. The Morgan fingerprint density at radius 3 is 2.45 bits per heavy atom. The molecule has 0 spiro atoms. The number of aryl methyl sites for hydroxylation is 1. The molecule has 1 aromatic rings. The van der Waals surface area contributed by atoms with Crippen LogP contribution < -0.4 is 10.2 Å². The average Bonchev–Trinajstić information content (AvgIpc) is 2.47. The second-order valence-electron chi connectivity index (χ2n) is 5.67. The molecule has 2 heterocycles. The van der Waals surface area contributed by atoms with Crippen LogP contribution >= 0.6 is 0 Å². The molecule has 0 atom stereocenters. The summed E-state index contributed by atoms with van der Waals surface area (Å²) in [6.07, 6.45) is 6.48. The highest BCUT2D eigenvalue weighted by Crippen LogP contribution is 2.20. The van der Waals surface area contributed by atoms with E-state index in [1.54, 1.807) is 0 Å². The van der Waals surface area contributed by atoms with Gasteiger partial charge in [-0.2, -0.15) is 0 Å². The lowest BCUT2D eigenvalue weighted by Gasteiger charge is -2.31. The molecule has 1 aromatic heterocycles. The van der Waals surface area contributed by atoms with E-state index in [4.69, 9.17) is 0 Å². The second-order valence-corrected chi connectivity index (χ2v) is 5.67. The second kappa shape index (κ2) is 6.68. The van der Waals surface area contributed by atoms with Gasteiger partial charge in [0.25, 0.3) is 0 Å². The van der Waals surface area contributed by atoms with E-state index in [1.807, 2.05) is 26.2 Å². The van der Waals surface area contributed by atoms with Crippen molar-refractivity contribution in [2.45, 2.75) is 46.1 Å². The number of anilines is 1. The van der Waals surface area contributed by atoms with E-state index in [0.717, 1.165) is 43.9 Å². The van der Waals surface area contributed by atoms with Crippen molar-refractivity contribution in [3.05, 3.63) is 18.0 Å². The molecule has 0 bridgehead atoms. The van der Waals surface area contributed by atoms with Gasteiger partial charge in [0.15, 0.2) is 0 Å². The van der Waals surface area contributed by atoms with Crippen LogP contribution in [0.2, 0.25) is 0 Å². The molecule has 0 aromatic carbocycles. The Kier molecular flexibility index (Phi) is 4.93. The summed E-state index contributed by atoms with van der Waals surface area (Å²) in [6, 6.07) is 0.213. The number of carbonyl (C=O) groups excluding carboxylic acids is 1. The fraction of sp³-hybridized carbons (Fsp3) is 0.667. The molecule has 1 saturated heterocycles. The first-order valence-corrected chi connectivity index (χ1v) is 7.46. The van der Waals surface area contributed by atoms with E-state index in [0.29, 0.717) is 0 Å². The Hall–Kier alpha value is -1.65. The Morgan fingerprint density at radius 2 is 1.95 bits per heavy atom. The zero-order valence-electron chi connectivity index (χ0n) is 12.6. The molecule has 0 aliphatic carbocycles. The van der Waals surface area contributed by atoms with Crippen LogP contribution in [-0.2, 0) is 11.2 Å². The topological polar surface area (TPSA) is 58.1 Å². The fourth-order valence-corrected chi connectivity index (χ4v) is 2.44. The first-order chi connectivity index (χ1) is 9.60. The molecule has 2 rings (SSSR count). The predicted molar refractivity (Wildman–Crippen MR) is 79.6 cm³/mol. The van der Waals surface area contributed by atoms with Gasteiger partial charge in [0.05, 0.1) is 0 Å². The molecular formula is C15H24N4O. The van der Waals surface area contributed by atoms with Gasteiger partial charge < -0.3 is 10.2 Å². The maximum Gasteiger partial charge on any atom is 0.225 e. The summed E-state index contributed by atoms with van der Waals surface area (Å²) in [5.41, 5.74) is 1.15. The van der Waals surface area contributed by atoms with Crippen LogP contribution in [0.5, 0.6) is 0 Å². The zero-order valence-corrected chi connectivity index (χ0v) is 12.6. The number of amides is 1. The van der Waals surface area contributed by atoms with Gasteiger partial charge in [0.1, 0.15) is 0 Å². The van der Waals surface area contributed by atoms with Crippen LogP contribution in [0.15, 0.2) is 12.4 Å². The monoisotopic (exact) mass is 276 g/mol. The standard InChI is InChI=1S/C15H24N4O/c1-4-12-9-16-15(17-10-12)19-7-5-13(6-8-19)14(20)18-11(2)3/h9-11,13H,4-8H2,1-3H3,(H,18,20). The van der Waals surface area contributed by atoms with Crippen molar-refractivity contribution in [2.24, 2.45) is 5.92 Å². The van der Waals surface area contributed by atoms with Crippen molar-refractivity contribution < 1.29 is 4.79 Å². The summed E-state index contributed by atoms with van der Waals surface area (Å²) in [5.74, 6) is 1.09. The Bertz CT molecular complexity index is 436. The molecule has 0 radical (unpaired) electrons. The SMILES string of the molecule is CCc1cnc(N2CCC(C(=O)NC(C)C)CC2)nc1. The highest BCUT2D eigenvalue weighted by molar-refractivity contribution is 5.79.